The minimum absolute atomic E-state index is 0.00396. The van der Waals surface area contributed by atoms with Gasteiger partial charge in [0.15, 0.2) is 0 Å². The van der Waals surface area contributed by atoms with Gasteiger partial charge in [-0.3, -0.25) is 4.72 Å². The topological polar surface area (TPSA) is 110 Å². The van der Waals surface area contributed by atoms with Gasteiger partial charge in [-0.2, -0.15) is 0 Å². The monoisotopic (exact) mass is 310 g/mol. The van der Waals surface area contributed by atoms with E-state index in [2.05, 4.69) is 9.71 Å². The number of furan rings is 1. The van der Waals surface area contributed by atoms with Crippen molar-refractivity contribution in [3.8, 4) is 0 Å². The van der Waals surface area contributed by atoms with E-state index in [1.165, 1.54) is 6.92 Å². The second-order valence-electron chi connectivity index (χ2n) is 4.61. The molecule has 2 aromatic heterocycles. The molecule has 2 aromatic rings. The normalized spacial score (nSPS) is 11.4. The van der Waals surface area contributed by atoms with Gasteiger partial charge in [0.05, 0.1) is 0 Å². The number of carbonyl (C=O) groups is 1. The van der Waals surface area contributed by atoms with Crippen molar-refractivity contribution in [1.29, 1.82) is 0 Å². The Kier molecular flexibility index (Phi) is 3.73. The number of nitrogens with one attached hydrogen (secondary N) is 1. The zero-order valence-electron chi connectivity index (χ0n) is 11.7. The maximum Gasteiger partial charge on any atom is 0.371 e. The van der Waals surface area contributed by atoms with Crippen LogP contribution in [0.25, 0.3) is 0 Å². The molecule has 0 spiro atoms. The van der Waals surface area contributed by atoms with E-state index in [0.29, 0.717) is 5.69 Å². The lowest BCUT2D eigenvalue weighted by molar-refractivity contribution is 0.0661. The molecule has 0 bridgehead atoms. The van der Waals surface area contributed by atoms with Gasteiger partial charge in [0.1, 0.15) is 16.5 Å². The number of pyridine rings is 1. The lowest BCUT2D eigenvalue weighted by atomic mass is 10.2. The summed E-state index contributed by atoms with van der Waals surface area (Å²) in [6.07, 6.45) is 0. The Morgan fingerprint density at radius 2 is 1.90 bits per heavy atom. The van der Waals surface area contributed by atoms with Crippen molar-refractivity contribution in [2.24, 2.45) is 0 Å². The Hall–Kier alpha value is -2.35. The molecule has 7 nitrogen and oxygen atoms in total. The molecule has 0 unspecified atom stereocenters. The van der Waals surface area contributed by atoms with Gasteiger partial charge in [0.2, 0.25) is 5.76 Å². The van der Waals surface area contributed by atoms with Crippen LogP contribution in [-0.4, -0.2) is 24.5 Å². The summed E-state index contributed by atoms with van der Waals surface area (Å²) in [4.78, 5) is 14.7. The van der Waals surface area contributed by atoms with Gasteiger partial charge in [-0.05, 0) is 38.5 Å². The molecule has 8 heteroatoms. The van der Waals surface area contributed by atoms with E-state index in [9.17, 15) is 13.2 Å². The fourth-order valence-corrected chi connectivity index (χ4v) is 3.10. The van der Waals surface area contributed by atoms with E-state index < -0.39 is 21.8 Å². The molecule has 0 radical (unpaired) electrons. The zero-order valence-corrected chi connectivity index (χ0v) is 12.5. The minimum Gasteiger partial charge on any atom is -0.475 e. The van der Waals surface area contributed by atoms with Crippen LogP contribution < -0.4 is 4.72 Å². The van der Waals surface area contributed by atoms with Crippen LogP contribution in [0.4, 0.5) is 5.82 Å². The number of aromatic carboxylic acids is 1. The first-order chi connectivity index (χ1) is 9.69. The molecule has 0 atom stereocenters. The number of carboxylic acid groups (broad SMARTS) is 1. The Labute approximate surface area is 121 Å². The van der Waals surface area contributed by atoms with Crippen LogP contribution in [0.5, 0.6) is 0 Å². The van der Waals surface area contributed by atoms with Crippen molar-refractivity contribution in [2.75, 3.05) is 4.72 Å². The molecule has 0 saturated heterocycles. The fraction of sp³-hybridized carbons (Fsp3) is 0.231. The summed E-state index contributed by atoms with van der Waals surface area (Å²) in [6.45, 7) is 4.95. The number of aromatic nitrogens is 1. The number of aryl methyl sites for hydroxylation is 3. The highest BCUT2D eigenvalue weighted by Crippen LogP contribution is 2.22. The van der Waals surface area contributed by atoms with Crippen molar-refractivity contribution >= 4 is 21.8 Å². The number of hydrogen-bond acceptors (Lipinski definition) is 5. The molecule has 2 heterocycles. The summed E-state index contributed by atoms with van der Waals surface area (Å²) in [5, 5.41) is 8.83. The van der Waals surface area contributed by atoms with Crippen LogP contribution >= 0.6 is 0 Å². The first kappa shape index (κ1) is 15.0. The molecule has 0 aromatic carbocycles. The molecule has 2 rings (SSSR count). The van der Waals surface area contributed by atoms with Gasteiger partial charge in [0.25, 0.3) is 10.0 Å². The standard InChI is InChI=1S/C13H14N2O5S/c1-7-4-8(2)14-12(5-7)15-21(18,19)11-6-10(13(16)17)20-9(11)3/h4-6H,1-3H3,(H,14,15)(H,16,17). The van der Waals surface area contributed by atoms with E-state index in [1.807, 2.05) is 13.0 Å². The van der Waals surface area contributed by atoms with E-state index >= 15 is 0 Å². The molecule has 2 N–H and O–H groups in total. The van der Waals surface area contributed by atoms with Crippen molar-refractivity contribution in [2.45, 2.75) is 25.7 Å². The van der Waals surface area contributed by atoms with Crippen molar-refractivity contribution in [1.82, 2.24) is 4.98 Å². The van der Waals surface area contributed by atoms with Crippen LogP contribution in [0.2, 0.25) is 0 Å². The molecule has 21 heavy (non-hydrogen) atoms. The third kappa shape index (κ3) is 3.22. The largest absolute Gasteiger partial charge is 0.475 e. The second-order valence-corrected chi connectivity index (χ2v) is 6.26. The fourth-order valence-electron chi connectivity index (χ4n) is 1.92. The predicted molar refractivity (Wildman–Crippen MR) is 74.9 cm³/mol. The predicted octanol–water partition coefficient (Wildman–Crippen LogP) is 2.10. The van der Waals surface area contributed by atoms with Gasteiger partial charge in [-0.25, -0.2) is 18.2 Å². The van der Waals surface area contributed by atoms with Gasteiger partial charge >= 0.3 is 5.97 Å². The summed E-state index contributed by atoms with van der Waals surface area (Å²) in [6, 6.07) is 4.37. The number of rotatable bonds is 4. The van der Waals surface area contributed by atoms with Gasteiger partial charge < -0.3 is 9.52 Å². The average Bonchev–Trinajstić information content (AvgIpc) is 2.70. The van der Waals surface area contributed by atoms with E-state index in [4.69, 9.17) is 9.52 Å². The Bertz CT molecular complexity index is 788. The number of anilines is 1. The smallest absolute Gasteiger partial charge is 0.371 e. The van der Waals surface area contributed by atoms with E-state index in [1.54, 1.807) is 13.0 Å². The quantitative estimate of drug-likeness (QED) is 0.895. The van der Waals surface area contributed by atoms with E-state index in [0.717, 1.165) is 11.6 Å². The van der Waals surface area contributed by atoms with Crippen LogP contribution in [0.3, 0.4) is 0 Å². The average molecular weight is 310 g/mol. The maximum absolute atomic E-state index is 12.3. The lowest BCUT2D eigenvalue weighted by Crippen LogP contribution is -2.14. The molecular formula is C13H14N2O5S. The summed E-state index contributed by atoms with van der Waals surface area (Å²) >= 11 is 0. The van der Waals surface area contributed by atoms with Crippen LogP contribution in [0.1, 0.15) is 27.6 Å². The summed E-state index contributed by atoms with van der Waals surface area (Å²) in [7, 11) is -3.96. The van der Waals surface area contributed by atoms with Crippen molar-refractivity contribution < 1.29 is 22.7 Å². The summed E-state index contributed by atoms with van der Waals surface area (Å²) < 4.78 is 31.8. The van der Waals surface area contributed by atoms with Gasteiger partial charge in [0, 0.05) is 11.8 Å². The zero-order chi connectivity index (χ0) is 15.8. The highest BCUT2D eigenvalue weighted by Gasteiger charge is 2.24. The summed E-state index contributed by atoms with van der Waals surface area (Å²) in [5.41, 5.74) is 1.53. The van der Waals surface area contributed by atoms with Gasteiger partial charge in [-0.15, -0.1) is 0 Å². The number of carboxylic acids is 1. The van der Waals surface area contributed by atoms with Crippen LogP contribution in [-0.2, 0) is 10.0 Å². The van der Waals surface area contributed by atoms with Crippen molar-refractivity contribution in [3.05, 3.63) is 41.0 Å². The van der Waals surface area contributed by atoms with Crippen molar-refractivity contribution in [3.63, 3.8) is 0 Å². The first-order valence-electron chi connectivity index (χ1n) is 6.01. The molecule has 112 valence electrons. The molecule has 0 amide bonds. The van der Waals surface area contributed by atoms with E-state index in [-0.39, 0.29) is 16.5 Å². The molecule has 0 aliphatic heterocycles. The Morgan fingerprint density at radius 3 is 2.43 bits per heavy atom. The third-order valence-corrected chi connectivity index (χ3v) is 4.17. The second kappa shape index (κ2) is 5.21. The van der Waals surface area contributed by atoms with Crippen LogP contribution in [0.15, 0.2) is 27.5 Å². The van der Waals surface area contributed by atoms with Gasteiger partial charge in [-0.1, -0.05) is 0 Å². The molecule has 0 aliphatic rings. The molecule has 0 saturated carbocycles. The number of nitrogens with zero attached hydrogens (tertiary/aromatic N) is 1. The molecular weight excluding hydrogens is 296 g/mol. The van der Waals surface area contributed by atoms with Crippen LogP contribution in [0, 0.1) is 20.8 Å². The Morgan fingerprint density at radius 1 is 1.24 bits per heavy atom. The lowest BCUT2D eigenvalue weighted by Gasteiger charge is -2.07. The minimum atomic E-state index is -3.96. The molecule has 0 fully saturated rings. The number of hydrogen-bond donors (Lipinski definition) is 2. The third-order valence-electron chi connectivity index (χ3n) is 2.71. The number of sulfonamides is 1. The summed E-state index contributed by atoms with van der Waals surface area (Å²) in [5.74, 6) is -1.58. The highest BCUT2D eigenvalue weighted by atomic mass is 32.2. The molecule has 0 aliphatic carbocycles. The Balaban J connectivity index is 2.40. The highest BCUT2D eigenvalue weighted by molar-refractivity contribution is 7.92. The SMILES string of the molecule is Cc1cc(C)nc(NS(=O)(=O)c2cc(C(=O)O)oc2C)c1. The maximum atomic E-state index is 12.3. The first-order valence-corrected chi connectivity index (χ1v) is 7.49.